The summed E-state index contributed by atoms with van der Waals surface area (Å²) in [6.07, 6.45) is 74.1. The van der Waals surface area contributed by atoms with Crippen LogP contribution in [0.25, 0.3) is 0 Å². The van der Waals surface area contributed by atoms with Crippen molar-refractivity contribution in [3.63, 3.8) is 0 Å². The number of allylic oxidation sites excluding steroid dienone is 7. The molecule has 2 atom stereocenters. The number of carbonyl (C=O) groups is 2. The number of aliphatic hydroxyl groups excluding tert-OH is 2. The first kappa shape index (κ1) is 66.8. The van der Waals surface area contributed by atoms with Gasteiger partial charge in [0, 0.05) is 12.8 Å². The summed E-state index contributed by atoms with van der Waals surface area (Å²) in [6, 6.07) is -0.546. The SMILES string of the molecule is CCCCCC/C=C\C/C=C\CCCCCCCC(=O)OCC/C=C\C/C=C\CCCCCCCCCCCCCCCCC(=O)NC(CO)C(O)CCCCCCCCCCCCCCCCC. The number of rotatable bonds is 56. The maximum Gasteiger partial charge on any atom is 0.305 e. The molecule has 6 nitrogen and oxygen atoms in total. The van der Waals surface area contributed by atoms with Gasteiger partial charge in [0.25, 0.3) is 0 Å². The van der Waals surface area contributed by atoms with E-state index >= 15 is 0 Å². The summed E-state index contributed by atoms with van der Waals surface area (Å²) in [4.78, 5) is 24.5. The molecule has 0 saturated heterocycles. The third-order valence-electron chi connectivity index (χ3n) is 13.9. The fraction of sp³-hybridized carbons (Fsp3) is 0.841. The number of unbranched alkanes of at least 4 members (excludes halogenated alkanes) is 37. The van der Waals surface area contributed by atoms with Crippen molar-refractivity contribution < 1.29 is 24.5 Å². The van der Waals surface area contributed by atoms with Gasteiger partial charge in [0.1, 0.15) is 0 Å². The second-order valence-electron chi connectivity index (χ2n) is 20.7. The summed E-state index contributed by atoms with van der Waals surface area (Å²) in [5.41, 5.74) is 0. The summed E-state index contributed by atoms with van der Waals surface area (Å²) in [5, 5.41) is 23.3. The Kier molecular flexibility index (Phi) is 56.5. The van der Waals surface area contributed by atoms with Crippen LogP contribution in [-0.4, -0.2) is 47.4 Å². The lowest BCUT2D eigenvalue weighted by atomic mass is 10.0. The molecule has 0 spiro atoms. The average Bonchev–Trinajstić information content (AvgIpc) is 3.35. The fourth-order valence-corrected chi connectivity index (χ4v) is 9.21. The molecule has 0 radical (unpaired) electrons. The Bertz CT molecular complexity index is 1160. The summed E-state index contributed by atoms with van der Waals surface area (Å²) < 4.78 is 5.41. The van der Waals surface area contributed by atoms with Crippen LogP contribution in [0.3, 0.4) is 0 Å². The molecule has 0 aromatic heterocycles. The molecule has 0 rings (SSSR count). The third kappa shape index (κ3) is 55.0. The first-order chi connectivity index (χ1) is 34.0. The molecule has 0 aromatic carbocycles. The van der Waals surface area contributed by atoms with Crippen molar-refractivity contribution in [3.05, 3.63) is 48.6 Å². The van der Waals surface area contributed by atoms with Gasteiger partial charge < -0.3 is 20.3 Å². The van der Waals surface area contributed by atoms with Gasteiger partial charge >= 0.3 is 5.97 Å². The first-order valence-electron chi connectivity index (χ1n) is 30.4. The van der Waals surface area contributed by atoms with Crippen LogP contribution in [0.2, 0.25) is 0 Å². The van der Waals surface area contributed by atoms with E-state index in [0.29, 0.717) is 25.9 Å². The largest absolute Gasteiger partial charge is 0.465 e. The van der Waals surface area contributed by atoms with Crippen LogP contribution >= 0.6 is 0 Å². The molecule has 0 saturated carbocycles. The van der Waals surface area contributed by atoms with Crippen molar-refractivity contribution >= 4 is 11.9 Å². The van der Waals surface area contributed by atoms with Gasteiger partial charge in [-0.3, -0.25) is 9.59 Å². The number of hydrogen-bond donors (Lipinski definition) is 3. The zero-order valence-electron chi connectivity index (χ0n) is 46.0. The monoisotopic (exact) mass is 968 g/mol. The van der Waals surface area contributed by atoms with Crippen molar-refractivity contribution in [1.29, 1.82) is 0 Å². The van der Waals surface area contributed by atoms with Gasteiger partial charge in [0.15, 0.2) is 0 Å². The molecule has 0 bridgehead atoms. The lowest BCUT2D eigenvalue weighted by molar-refractivity contribution is -0.143. The van der Waals surface area contributed by atoms with E-state index in [1.165, 1.54) is 218 Å². The number of nitrogens with one attached hydrogen (secondary N) is 1. The van der Waals surface area contributed by atoms with Crippen molar-refractivity contribution in [2.75, 3.05) is 13.2 Å². The standard InChI is InChI=1S/C63H117NO5/c1-3-5-7-9-11-13-15-17-19-29-33-37-41-45-49-53-57-63(68)69-58-54-50-46-42-38-34-30-26-24-22-20-21-23-25-28-32-36-40-44-48-52-56-62(67)64-60(59-65)61(66)55-51-47-43-39-35-31-27-18-16-14-12-10-8-6-4-2/h13,15,19,29,34,38,46,50,60-61,65-66H,3-12,14,16-18,20-28,30-33,35-37,39-45,47-49,51-59H2,1-2H3,(H,64,67)/b15-13-,29-19-,38-34-,50-46-. The minimum Gasteiger partial charge on any atom is -0.465 e. The number of esters is 1. The number of ether oxygens (including phenoxy) is 1. The highest BCUT2D eigenvalue weighted by Crippen LogP contribution is 2.17. The number of aliphatic hydroxyl groups is 2. The predicted octanol–water partition coefficient (Wildman–Crippen LogP) is 19.0. The van der Waals surface area contributed by atoms with Gasteiger partial charge in [0.2, 0.25) is 5.91 Å². The Morgan fingerprint density at radius 1 is 0.406 bits per heavy atom. The van der Waals surface area contributed by atoms with Crippen LogP contribution in [0.4, 0.5) is 0 Å². The molecule has 0 aliphatic carbocycles. The number of amides is 1. The third-order valence-corrected chi connectivity index (χ3v) is 13.9. The maximum absolute atomic E-state index is 12.5. The molecule has 0 heterocycles. The summed E-state index contributed by atoms with van der Waals surface area (Å²) in [7, 11) is 0. The van der Waals surface area contributed by atoms with Crippen LogP contribution in [0.15, 0.2) is 48.6 Å². The smallest absolute Gasteiger partial charge is 0.305 e. The van der Waals surface area contributed by atoms with Gasteiger partial charge in [-0.2, -0.15) is 0 Å². The van der Waals surface area contributed by atoms with Crippen LogP contribution < -0.4 is 5.32 Å². The minimum atomic E-state index is -0.668. The van der Waals surface area contributed by atoms with E-state index < -0.39 is 12.1 Å². The second kappa shape index (κ2) is 58.4. The number of hydrogen-bond acceptors (Lipinski definition) is 5. The summed E-state index contributed by atoms with van der Waals surface area (Å²) in [6.45, 7) is 4.83. The van der Waals surface area contributed by atoms with E-state index in [1.807, 2.05) is 0 Å². The predicted molar refractivity (Wildman–Crippen MR) is 301 cm³/mol. The van der Waals surface area contributed by atoms with E-state index in [0.717, 1.165) is 64.2 Å². The Hall–Kier alpha value is -2.18. The highest BCUT2D eigenvalue weighted by atomic mass is 16.5. The van der Waals surface area contributed by atoms with Crippen molar-refractivity contribution in [2.24, 2.45) is 0 Å². The van der Waals surface area contributed by atoms with Crippen LogP contribution in [0, 0.1) is 0 Å². The van der Waals surface area contributed by atoms with Crippen molar-refractivity contribution in [3.8, 4) is 0 Å². The topological polar surface area (TPSA) is 95.9 Å². The van der Waals surface area contributed by atoms with Crippen molar-refractivity contribution in [1.82, 2.24) is 5.32 Å². The minimum absolute atomic E-state index is 0.0393. The molecule has 2 unspecified atom stereocenters. The molecular weight excluding hydrogens is 851 g/mol. The molecular formula is C63H117NO5. The first-order valence-corrected chi connectivity index (χ1v) is 30.4. The van der Waals surface area contributed by atoms with Crippen LogP contribution in [-0.2, 0) is 14.3 Å². The fourth-order valence-electron chi connectivity index (χ4n) is 9.21. The molecule has 1 amide bonds. The quantitative estimate of drug-likeness (QED) is 0.0321. The number of carbonyl (C=O) groups excluding carboxylic acids is 2. The second-order valence-corrected chi connectivity index (χ2v) is 20.7. The van der Waals surface area contributed by atoms with Crippen LogP contribution in [0.1, 0.15) is 316 Å². The Morgan fingerprint density at radius 2 is 0.725 bits per heavy atom. The van der Waals surface area contributed by atoms with Gasteiger partial charge in [-0.05, 0) is 77.0 Å². The molecule has 69 heavy (non-hydrogen) atoms. The summed E-state index contributed by atoms with van der Waals surface area (Å²) >= 11 is 0. The normalized spacial score (nSPS) is 12.9. The highest BCUT2D eigenvalue weighted by molar-refractivity contribution is 5.76. The summed E-state index contributed by atoms with van der Waals surface area (Å²) in [5.74, 6) is -0.0882. The van der Waals surface area contributed by atoms with Crippen LogP contribution in [0.5, 0.6) is 0 Å². The van der Waals surface area contributed by atoms with Crippen molar-refractivity contribution in [2.45, 2.75) is 328 Å². The van der Waals surface area contributed by atoms with Gasteiger partial charge in [0.05, 0.1) is 25.4 Å². The molecule has 404 valence electrons. The van der Waals surface area contributed by atoms with Gasteiger partial charge in [-0.15, -0.1) is 0 Å². The highest BCUT2D eigenvalue weighted by Gasteiger charge is 2.20. The van der Waals surface area contributed by atoms with Gasteiger partial charge in [-0.1, -0.05) is 274 Å². The molecule has 6 heteroatoms. The van der Waals surface area contributed by atoms with E-state index in [4.69, 9.17) is 4.74 Å². The molecule has 0 aliphatic rings. The van der Waals surface area contributed by atoms with Gasteiger partial charge in [-0.25, -0.2) is 0 Å². The zero-order valence-corrected chi connectivity index (χ0v) is 46.0. The molecule has 0 fully saturated rings. The van der Waals surface area contributed by atoms with E-state index in [2.05, 4.69) is 67.8 Å². The molecule has 0 aliphatic heterocycles. The molecule has 3 N–H and O–H groups in total. The Labute approximate surface area is 429 Å². The van der Waals surface area contributed by atoms with E-state index in [9.17, 15) is 19.8 Å². The van der Waals surface area contributed by atoms with E-state index in [1.54, 1.807) is 0 Å². The maximum atomic E-state index is 12.5. The Balaban J connectivity index is 3.46. The lowest BCUT2D eigenvalue weighted by Crippen LogP contribution is -2.45. The zero-order chi connectivity index (χ0) is 50.0. The average molecular weight is 969 g/mol. The lowest BCUT2D eigenvalue weighted by Gasteiger charge is -2.22. The Morgan fingerprint density at radius 3 is 1.12 bits per heavy atom. The molecule has 0 aromatic rings. The van der Waals surface area contributed by atoms with E-state index in [-0.39, 0.29) is 18.5 Å².